The summed E-state index contributed by atoms with van der Waals surface area (Å²) in [7, 11) is 0. The second kappa shape index (κ2) is 2.12. The Morgan fingerprint density at radius 1 is 1.45 bits per heavy atom. The summed E-state index contributed by atoms with van der Waals surface area (Å²) in [5.74, 6) is 0.782. The smallest absolute Gasteiger partial charge is 0.150 e. The molecule has 0 N–H and O–H groups in total. The molecule has 0 saturated carbocycles. The summed E-state index contributed by atoms with van der Waals surface area (Å²) >= 11 is 0. The van der Waals surface area contributed by atoms with Crippen LogP contribution in [0.25, 0.3) is 0 Å². The van der Waals surface area contributed by atoms with Gasteiger partial charge in [0.1, 0.15) is 12.2 Å². The topological polar surface area (TPSA) is 37.1 Å². The minimum absolute atomic E-state index is 0.0522. The maximum absolute atomic E-state index is 4.15. The van der Waals surface area contributed by atoms with Crippen molar-refractivity contribution in [1.29, 1.82) is 0 Å². The number of fused-ring (bicyclic) bond motifs is 1. The van der Waals surface area contributed by atoms with Gasteiger partial charge in [-0.2, -0.15) is 0 Å². The van der Waals surface area contributed by atoms with Crippen molar-refractivity contribution in [1.82, 2.24) is 0 Å². The van der Waals surface area contributed by atoms with Gasteiger partial charge in [-0.05, 0) is 12.5 Å². The fraction of sp³-hybridized carbons (Fsp3) is 0.375. The summed E-state index contributed by atoms with van der Waals surface area (Å²) in [6.45, 7) is 2.12. The van der Waals surface area contributed by atoms with Crippen molar-refractivity contribution < 1.29 is 0 Å². The largest absolute Gasteiger partial charge is 0.249 e. The zero-order valence-corrected chi connectivity index (χ0v) is 6.36. The Morgan fingerprint density at radius 2 is 2.36 bits per heavy atom. The van der Waals surface area contributed by atoms with Crippen LogP contribution in [-0.2, 0) is 0 Å². The van der Waals surface area contributed by atoms with E-state index in [9.17, 15) is 0 Å². The van der Waals surface area contributed by atoms with Crippen molar-refractivity contribution in [2.75, 3.05) is 0 Å². The van der Waals surface area contributed by atoms with Crippen molar-refractivity contribution >= 4 is 18.8 Å². The Hall–Kier alpha value is -1.25. The molecule has 0 fully saturated rings. The van der Waals surface area contributed by atoms with Crippen LogP contribution in [0.1, 0.15) is 13.3 Å². The van der Waals surface area contributed by atoms with Gasteiger partial charge in [0, 0.05) is 17.8 Å². The molecule has 3 heteroatoms. The molecule has 0 amide bonds. The van der Waals surface area contributed by atoms with Crippen LogP contribution in [0.5, 0.6) is 0 Å². The standard InChI is InChI=1S/C8H9N3/c1-8-2-3-9-6-11-7(4-8)10-5-8/h3-6H,2H2,1H3. The van der Waals surface area contributed by atoms with E-state index in [2.05, 4.69) is 28.0 Å². The molecule has 2 aliphatic heterocycles. The summed E-state index contributed by atoms with van der Waals surface area (Å²) in [6.07, 6.45) is 8.31. The average molecular weight is 147 g/mol. The highest BCUT2D eigenvalue weighted by molar-refractivity contribution is 5.82. The van der Waals surface area contributed by atoms with E-state index < -0.39 is 0 Å². The van der Waals surface area contributed by atoms with Crippen molar-refractivity contribution in [2.45, 2.75) is 13.3 Å². The van der Waals surface area contributed by atoms with Crippen LogP contribution in [0.15, 0.2) is 26.9 Å². The number of nitrogens with zero attached hydrogens (tertiary/aromatic N) is 3. The van der Waals surface area contributed by atoms with Gasteiger partial charge >= 0.3 is 0 Å². The predicted octanol–water partition coefficient (Wildman–Crippen LogP) is 1.42. The van der Waals surface area contributed by atoms with Crippen LogP contribution < -0.4 is 0 Å². The van der Waals surface area contributed by atoms with Gasteiger partial charge in [0.05, 0.1) is 0 Å². The molecule has 0 aromatic rings. The minimum Gasteiger partial charge on any atom is -0.249 e. The van der Waals surface area contributed by atoms with Gasteiger partial charge < -0.3 is 0 Å². The van der Waals surface area contributed by atoms with E-state index in [-0.39, 0.29) is 5.41 Å². The molecule has 1 atom stereocenters. The number of hydrogen-bond donors (Lipinski definition) is 0. The highest BCUT2D eigenvalue weighted by Gasteiger charge is 2.23. The lowest BCUT2D eigenvalue weighted by molar-refractivity contribution is 0.656. The van der Waals surface area contributed by atoms with E-state index in [0.29, 0.717) is 0 Å². The molecular formula is C8H9N3. The third kappa shape index (κ3) is 1.13. The zero-order chi connectivity index (χ0) is 7.73. The van der Waals surface area contributed by atoms with Crippen LogP contribution in [-0.4, -0.2) is 18.8 Å². The number of allylic oxidation sites excluding steroid dienone is 1. The van der Waals surface area contributed by atoms with Crippen LogP contribution in [0, 0.1) is 5.41 Å². The molecule has 2 aliphatic rings. The van der Waals surface area contributed by atoms with E-state index in [0.717, 1.165) is 12.2 Å². The first-order valence-electron chi connectivity index (χ1n) is 3.61. The molecule has 2 bridgehead atoms. The Kier molecular flexibility index (Phi) is 1.24. The van der Waals surface area contributed by atoms with Crippen molar-refractivity contribution in [3.63, 3.8) is 0 Å². The van der Waals surface area contributed by atoms with Gasteiger partial charge in [-0.25, -0.2) is 15.0 Å². The molecule has 0 aromatic carbocycles. The molecular weight excluding hydrogens is 138 g/mol. The predicted molar refractivity (Wildman–Crippen MR) is 46.3 cm³/mol. The molecule has 2 heterocycles. The van der Waals surface area contributed by atoms with Crippen molar-refractivity contribution in [2.24, 2.45) is 20.4 Å². The lowest BCUT2D eigenvalue weighted by Gasteiger charge is -2.13. The van der Waals surface area contributed by atoms with E-state index in [1.807, 2.05) is 12.4 Å². The SMILES string of the molecule is CC12C=NC(=C1)N=CN=CC2. The van der Waals surface area contributed by atoms with Crippen LogP contribution in [0.4, 0.5) is 0 Å². The summed E-state index contributed by atoms with van der Waals surface area (Å²) < 4.78 is 0. The lowest BCUT2D eigenvalue weighted by atomic mass is 9.90. The average Bonchev–Trinajstić information content (AvgIpc) is 2.31. The first-order chi connectivity index (χ1) is 5.29. The molecule has 0 saturated heterocycles. The fourth-order valence-corrected chi connectivity index (χ4v) is 1.15. The monoisotopic (exact) mass is 147 g/mol. The third-order valence-electron chi connectivity index (χ3n) is 1.84. The van der Waals surface area contributed by atoms with Gasteiger partial charge in [0.2, 0.25) is 0 Å². The Bertz CT molecular complexity index is 286. The summed E-state index contributed by atoms with van der Waals surface area (Å²) in [5.41, 5.74) is 0.0522. The van der Waals surface area contributed by atoms with Gasteiger partial charge in [0.25, 0.3) is 0 Å². The van der Waals surface area contributed by atoms with Gasteiger partial charge in [0.15, 0.2) is 0 Å². The molecule has 0 spiro atoms. The minimum atomic E-state index is 0.0522. The molecule has 11 heavy (non-hydrogen) atoms. The van der Waals surface area contributed by atoms with E-state index >= 15 is 0 Å². The molecule has 56 valence electrons. The molecule has 0 aliphatic carbocycles. The van der Waals surface area contributed by atoms with Gasteiger partial charge in [-0.15, -0.1) is 0 Å². The highest BCUT2D eigenvalue weighted by atomic mass is 15.0. The molecule has 1 unspecified atom stereocenters. The first-order valence-corrected chi connectivity index (χ1v) is 3.61. The third-order valence-corrected chi connectivity index (χ3v) is 1.84. The molecule has 3 nitrogen and oxygen atoms in total. The Balaban J connectivity index is 2.42. The molecule has 0 aromatic heterocycles. The zero-order valence-electron chi connectivity index (χ0n) is 6.36. The second-order valence-electron chi connectivity index (χ2n) is 3.05. The summed E-state index contributed by atoms with van der Waals surface area (Å²) in [4.78, 5) is 12.2. The van der Waals surface area contributed by atoms with E-state index in [1.54, 1.807) is 0 Å². The highest BCUT2D eigenvalue weighted by Crippen LogP contribution is 2.28. The lowest BCUT2D eigenvalue weighted by Crippen LogP contribution is -2.13. The second-order valence-corrected chi connectivity index (χ2v) is 3.05. The fourth-order valence-electron chi connectivity index (χ4n) is 1.15. The van der Waals surface area contributed by atoms with Gasteiger partial charge in [-0.1, -0.05) is 6.92 Å². The maximum atomic E-state index is 4.15. The van der Waals surface area contributed by atoms with E-state index in [4.69, 9.17) is 0 Å². The number of hydrogen-bond acceptors (Lipinski definition) is 3. The van der Waals surface area contributed by atoms with Crippen molar-refractivity contribution in [3.05, 3.63) is 11.9 Å². The Labute approximate surface area is 65.3 Å². The van der Waals surface area contributed by atoms with Crippen LogP contribution >= 0.6 is 0 Å². The number of aliphatic imine (C=N–C) groups is 3. The first kappa shape index (κ1) is 6.46. The van der Waals surface area contributed by atoms with Crippen LogP contribution in [0.2, 0.25) is 0 Å². The molecule has 2 rings (SSSR count). The molecule has 0 radical (unpaired) electrons. The summed E-state index contributed by atoms with van der Waals surface area (Å²) in [5, 5.41) is 0. The quantitative estimate of drug-likeness (QED) is 0.497. The van der Waals surface area contributed by atoms with Crippen LogP contribution in [0.3, 0.4) is 0 Å². The Morgan fingerprint density at radius 3 is 3.27 bits per heavy atom. The summed E-state index contributed by atoms with van der Waals surface area (Å²) in [6, 6.07) is 0. The van der Waals surface area contributed by atoms with Gasteiger partial charge in [-0.3, -0.25) is 0 Å². The van der Waals surface area contributed by atoms with Crippen molar-refractivity contribution in [3.8, 4) is 0 Å². The van der Waals surface area contributed by atoms with E-state index in [1.165, 1.54) is 6.34 Å². The number of rotatable bonds is 0. The normalized spacial score (nSPS) is 33.4. The maximum Gasteiger partial charge on any atom is 0.150 e.